The zero-order valence-electron chi connectivity index (χ0n) is 11.5. The van der Waals surface area contributed by atoms with Gasteiger partial charge in [-0.2, -0.15) is 0 Å². The number of hydrogen-bond donors (Lipinski definition) is 2. The summed E-state index contributed by atoms with van der Waals surface area (Å²) in [5, 5.41) is 9.42. The van der Waals surface area contributed by atoms with Crippen molar-refractivity contribution in [2.45, 2.75) is 50.6 Å². The van der Waals surface area contributed by atoms with E-state index in [1.165, 1.54) is 4.90 Å². The Kier molecular flexibility index (Phi) is 3.99. The highest BCUT2D eigenvalue weighted by atomic mass is 16.4. The maximum atomic E-state index is 12.5. The van der Waals surface area contributed by atoms with E-state index in [1.807, 2.05) is 0 Å². The van der Waals surface area contributed by atoms with Gasteiger partial charge in [-0.25, -0.2) is 9.59 Å². The minimum Gasteiger partial charge on any atom is -0.480 e. The summed E-state index contributed by atoms with van der Waals surface area (Å²) in [4.78, 5) is 27.3. The predicted molar refractivity (Wildman–Crippen MR) is 70.8 cm³/mol. The Balaban J connectivity index is 2.10. The number of carboxylic acid groups (broad SMARTS) is 1. The van der Waals surface area contributed by atoms with E-state index in [9.17, 15) is 14.7 Å². The second-order valence-corrected chi connectivity index (χ2v) is 5.79. The van der Waals surface area contributed by atoms with E-state index in [0.717, 1.165) is 25.7 Å². The summed E-state index contributed by atoms with van der Waals surface area (Å²) in [6.07, 6.45) is 3.85. The number of amides is 2. The van der Waals surface area contributed by atoms with Crippen molar-refractivity contribution in [2.24, 2.45) is 5.73 Å². The van der Waals surface area contributed by atoms with Crippen LogP contribution in [-0.2, 0) is 4.79 Å². The lowest BCUT2D eigenvalue weighted by atomic mass is 9.88. The fourth-order valence-electron chi connectivity index (χ4n) is 2.91. The molecule has 2 aliphatic heterocycles. The number of rotatable bonds is 1. The van der Waals surface area contributed by atoms with Gasteiger partial charge in [-0.1, -0.05) is 0 Å². The molecule has 2 saturated heterocycles. The van der Waals surface area contributed by atoms with Crippen molar-refractivity contribution >= 4 is 12.0 Å². The second-order valence-electron chi connectivity index (χ2n) is 5.79. The molecule has 0 aliphatic carbocycles. The summed E-state index contributed by atoms with van der Waals surface area (Å²) in [6, 6.07) is 0.0211. The first-order valence-electron chi connectivity index (χ1n) is 7.00. The van der Waals surface area contributed by atoms with Gasteiger partial charge in [-0.15, -0.1) is 0 Å². The molecule has 0 spiro atoms. The van der Waals surface area contributed by atoms with E-state index >= 15 is 0 Å². The highest BCUT2D eigenvalue weighted by Crippen LogP contribution is 2.29. The summed E-state index contributed by atoms with van der Waals surface area (Å²) in [7, 11) is 0. The van der Waals surface area contributed by atoms with E-state index < -0.39 is 11.5 Å². The maximum absolute atomic E-state index is 12.5. The van der Waals surface area contributed by atoms with Crippen molar-refractivity contribution in [3.05, 3.63) is 0 Å². The number of aliphatic carboxylic acids is 1. The average molecular weight is 269 g/mol. The molecule has 6 nitrogen and oxygen atoms in total. The molecular weight excluding hydrogens is 246 g/mol. The molecule has 6 heteroatoms. The summed E-state index contributed by atoms with van der Waals surface area (Å²) in [5.74, 6) is -0.908. The van der Waals surface area contributed by atoms with E-state index in [0.29, 0.717) is 26.1 Å². The smallest absolute Gasteiger partial charge is 0.329 e. The highest BCUT2D eigenvalue weighted by Gasteiger charge is 2.45. The van der Waals surface area contributed by atoms with Gasteiger partial charge in [-0.05, 0) is 39.0 Å². The molecule has 0 aromatic rings. The van der Waals surface area contributed by atoms with E-state index in [1.54, 1.807) is 11.8 Å². The van der Waals surface area contributed by atoms with E-state index in [-0.39, 0.29) is 12.1 Å². The quantitative estimate of drug-likeness (QED) is 0.739. The van der Waals surface area contributed by atoms with Crippen molar-refractivity contribution in [1.29, 1.82) is 0 Å². The minimum atomic E-state index is -1.06. The predicted octanol–water partition coefficient (Wildman–Crippen LogP) is 0.859. The molecule has 1 unspecified atom stereocenters. The molecule has 0 radical (unpaired) electrons. The fraction of sp³-hybridized carbons (Fsp3) is 0.846. The molecule has 0 aromatic heterocycles. The van der Waals surface area contributed by atoms with Crippen LogP contribution in [0, 0.1) is 0 Å². The number of hydrogen-bond acceptors (Lipinski definition) is 3. The van der Waals surface area contributed by atoms with Crippen LogP contribution in [0.4, 0.5) is 4.79 Å². The zero-order valence-corrected chi connectivity index (χ0v) is 11.5. The summed E-state index contributed by atoms with van der Waals surface area (Å²) >= 11 is 0. The third kappa shape index (κ3) is 2.68. The molecule has 0 bridgehead atoms. The molecule has 2 rings (SSSR count). The normalized spacial score (nSPS) is 29.4. The highest BCUT2D eigenvalue weighted by molar-refractivity contribution is 5.86. The van der Waals surface area contributed by atoms with Gasteiger partial charge in [-0.3, -0.25) is 0 Å². The van der Waals surface area contributed by atoms with Crippen LogP contribution in [0.25, 0.3) is 0 Å². The summed E-state index contributed by atoms with van der Waals surface area (Å²) in [6.45, 7) is 3.45. The van der Waals surface area contributed by atoms with Gasteiger partial charge in [0.25, 0.3) is 0 Å². The lowest BCUT2D eigenvalue weighted by molar-refractivity contribution is -0.150. The SMILES string of the molecule is CC1(C(=O)O)CCCCN1C(=O)N1CCC(N)CC1. The number of likely N-dealkylation sites (tertiary alicyclic amines) is 2. The molecule has 1 atom stereocenters. The van der Waals surface area contributed by atoms with Gasteiger partial charge in [0, 0.05) is 25.7 Å². The number of nitrogens with two attached hydrogens (primary N) is 1. The van der Waals surface area contributed by atoms with Crippen molar-refractivity contribution in [3.8, 4) is 0 Å². The third-order valence-electron chi connectivity index (χ3n) is 4.39. The van der Waals surface area contributed by atoms with Crippen LogP contribution in [0.15, 0.2) is 0 Å². The van der Waals surface area contributed by atoms with Gasteiger partial charge in [0.2, 0.25) is 0 Å². The Bertz CT molecular complexity index is 366. The first kappa shape index (κ1) is 14.1. The van der Waals surface area contributed by atoms with Crippen molar-refractivity contribution in [1.82, 2.24) is 9.80 Å². The average Bonchev–Trinajstić information content (AvgIpc) is 2.39. The van der Waals surface area contributed by atoms with Crippen LogP contribution in [0.2, 0.25) is 0 Å². The molecule has 0 aromatic carbocycles. The molecule has 2 aliphatic rings. The fourth-order valence-corrected chi connectivity index (χ4v) is 2.91. The summed E-state index contributed by atoms with van der Waals surface area (Å²) in [5.41, 5.74) is 4.77. The Labute approximate surface area is 113 Å². The van der Waals surface area contributed by atoms with Crippen molar-refractivity contribution in [3.63, 3.8) is 0 Å². The Hall–Kier alpha value is -1.30. The topological polar surface area (TPSA) is 86.9 Å². The lowest BCUT2D eigenvalue weighted by Gasteiger charge is -2.44. The van der Waals surface area contributed by atoms with E-state index in [4.69, 9.17) is 5.73 Å². The number of piperidine rings is 2. The van der Waals surface area contributed by atoms with Crippen LogP contribution in [0.1, 0.15) is 39.0 Å². The Morgan fingerprint density at radius 3 is 2.42 bits per heavy atom. The molecule has 2 fully saturated rings. The van der Waals surface area contributed by atoms with Crippen LogP contribution < -0.4 is 5.73 Å². The molecule has 19 heavy (non-hydrogen) atoms. The van der Waals surface area contributed by atoms with Gasteiger partial charge in [0.15, 0.2) is 0 Å². The number of carboxylic acids is 1. The van der Waals surface area contributed by atoms with Gasteiger partial charge in [0.1, 0.15) is 5.54 Å². The molecule has 2 heterocycles. The van der Waals surface area contributed by atoms with Crippen LogP contribution in [0.5, 0.6) is 0 Å². The van der Waals surface area contributed by atoms with Crippen molar-refractivity contribution < 1.29 is 14.7 Å². The molecular formula is C13H23N3O3. The minimum absolute atomic E-state index is 0.142. The van der Waals surface area contributed by atoms with Crippen molar-refractivity contribution in [2.75, 3.05) is 19.6 Å². The number of carbonyl (C=O) groups excluding carboxylic acids is 1. The lowest BCUT2D eigenvalue weighted by Crippen LogP contribution is -2.61. The standard InChI is InChI=1S/C13H23N3O3/c1-13(11(17)18)6-2-3-7-16(13)12(19)15-8-4-10(14)5-9-15/h10H,2-9,14H2,1H3,(H,17,18). The van der Waals surface area contributed by atoms with E-state index in [2.05, 4.69) is 0 Å². The second kappa shape index (κ2) is 5.36. The number of urea groups is 1. The van der Waals surface area contributed by atoms with Crippen LogP contribution >= 0.6 is 0 Å². The van der Waals surface area contributed by atoms with Crippen LogP contribution in [-0.4, -0.2) is 58.1 Å². The third-order valence-corrected chi connectivity index (χ3v) is 4.39. The molecule has 0 saturated carbocycles. The van der Waals surface area contributed by atoms with Crippen LogP contribution in [0.3, 0.4) is 0 Å². The first-order valence-corrected chi connectivity index (χ1v) is 7.00. The number of carbonyl (C=O) groups is 2. The molecule has 108 valence electrons. The molecule has 2 amide bonds. The van der Waals surface area contributed by atoms with Gasteiger partial charge >= 0.3 is 12.0 Å². The maximum Gasteiger partial charge on any atom is 0.329 e. The summed E-state index contributed by atoms with van der Waals surface area (Å²) < 4.78 is 0. The monoisotopic (exact) mass is 269 g/mol. The number of nitrogens with zero attached hydrogens (tertiary/aromatic N) is 2. The molecule has 3 N–H and O–H groups in total. The van der Waals surface area contributed by atoms with Gasteiger partial charge in [0.05, 0.1) is 0 Å². The first-order chi connectivity index (χ1) is 8.95. The van der Waals surface area contributed by atoms with Gasteiger partial charge < -0.3 is 20.6 Å². The largest absolute Gasteiger partial charge is 0.480 e. The zero-order chi connectivity index (χ0) is 14.0. The Morgan fingerprint density at radius 1 is 1.21 bits per heavy atom. The Morgan fingerprint density at radius 2 is 1.84 bits per heavy atom.